The third-order valence-corrected chi connectivity index (χ3v) is 4.45. The van der Waals surface area contributed by atoms with Crippen LogP contribution in [0.4, 0.5) is 5.82 Å². The average molecular weight is 276 g/mol. The first-order chi connectivity index (χ1) is 9.52. The minimum absolute atomic E-state index is 0.510. The number of anilines is 1. The van der Waals surface area contributed by atoms with Gasteiger partial charge in [-0.05, 0) is 37.6 Å². The van der Waals surface area contributed by atoms with Crippen molar-refractivity contribution in [3.63, 3.8) is 0 Å². The Bertz CT molecular complexity index is 420. The van der Waals surface area contributed by atoms with Gasteiger partial charge in [-0.15, -0.1) is 0 Å². The van der Waals surface area contributed by atoms with Crippen LogP contribution in [-0.4, -0.2) is 29.6 Å². The Morgan fingerprint density at radius 1 is 1.30 bits per heavy atom. The molecule has 0 saturated heterocycles. The fourth-order valence-corrected chi connectivity index (χ4v) is 2.86. The maximum absolute atomic E-state index is 4.72. The van der Waals surface area contributed by atoms with Gasteiger partial charge in [0, 0.05) is 25.8 Å². The van der Waals surface area contributed by atoms with Gasteiger partial charge in [-0.25, -0.2) is 4.98 Å². The van der Waals surface area contributed by atoms with Gasteiger partial charge in [0.2, 0.25) is 0 Å². The van der Waals surface area contributed by atoms with Crippen LogP contribution in [0.3, 0.4) is 0 Å². The van der Waals surface area contributed by atoms with E-state index in [1.165, 1.54) is 25.7 Å². The van der Waals surface area contributed by atoms with Gasteiger partial charge in [-0.3, -0.25) is 4.98 Å². The van der Waals surface area contributed by atoms with E-state index in [-0.39, 0.29) is 0 Å². The van der Waals surface area contributed by atoms with E-state index in [4.69, 9.17) is 4.98 Å². The molecule has 1 N–H and O–H groups in total. The van der Waals surface area contributed by atoms with Crippen LogP contribution in [0.25, 0.3) is 0 Å². The molecule has 4 nitrogen and oxygen atoms in total. The van der Waals surface area contributed by atoms with E-state index in [0.717, 1.165) is 24.6 Å². The van der Waals surface area contributed by atoms with Gasteiger partial charge in [0.15, 0.2) is 0 Å². The predicted octanol–water partition coefficient (Wildman–Crippen LogP) is 2.99. The van der Waals surface area contributed by atoms with Crippen molar-refractivity contribution in [3.05, 3.63) is 18.1 Å². The van der Waals surface area contributed by atoms with E-state index in [2.05, 4.69) is 43.0 Å². The summed E-state index contributed by atoms with van der Waals surface area (Å²) in [7, 11) is 2.16. The summed E-state index contributed by atoms with van der Waals surface area (Å²) < 4.78 is 0. The van der Waals surface area contributed by atoms with Crippen LogP contribution in [0.1, 0.15) is 52.1 Å². The van der Waals surface area contributed by atoms with Crippen LogP contribution in [0.15, 0.2) is 12.4 Å². The largest absolute Gasteiger partial charge is 0.355 e. The molecule has 0 spiro atoms. The Hall–Kier alpha value is -1.16. The second-order valence-corrected chi connectivity index (χ2v) is 6.66. The van der Waals surface area contributed by atoms with Crippen molar-refractivity contribution in [2.24, 2.45) is 5.41 Å². The summed E-state index contributed by atoms with van der Waals surface area (Å²) in [6, 6.07) is 0.603. The van der Waals surface area contributed by atoms with Crippen LogP contribution >= 0.6 is 0 Å². The number of aromatic nitrogens is 2. The van der Waals surface area contributed by atoms with Crippen LogP contribution in [0.5, 0.6) is 0 Å². The van der Waals surface area contributed by atoms with Crippen LogP contribution in [-0.2, 0) is 6.54 Å². The Balaban J connectivity index is 2.00. The molecule has 2 rings (SSSR count). The Morgan fingerprint density at radius 3 is 2.65 bits per heavy atom. The zero-order chi connectivity index (χ0) is 14.6. The monoisotopic (exact) mass is 276 g/mol. The Kier molecular flexibility index (Phi) is 4.97. The van der Waals surface area contributed by atoms with Crippen molar-refractivity contribution in [1.82, 2.24) is 15.3 Å². The minimum atomic E-state index is 0.510. The molecule has 0 aromatic carbocycles. The summed E-state index contributed by atoms with van der Waals surface area (Å²) in [5.41, 5.74) is 1.53. The van der Waals surface area contributed by atoms with Gasteiger partial charge in [-0.1, -0.05) is 20.8 Å². The van der Waals surface area contributed by atoms with Crippen molar-refractivity contribution < 1.29 is 0 Å². The SMILES string of the molecule is CCNCc1cncc(N(C)C2CCC(C)(C)CC2)n1. The molecule has 1 aromatic heterocycles. The lowest BCUT2D eigenvalue weighted by molar-refractivity contribution is 0.222. The first-order valence-corrected chi connectivity index (χ1v) is 7.76. The highest BCUT2D eigenvalue weighted by Crippen LogP contribution is 2.37. The van der Waals surface area contributed by atoms with E-state index >= 15 is 0 Å². The van der Waals surface area contributed by atoms with Crippen molar-refractivity contribution in [1.29, 1.82) is 0 Å². The lowest BCUT2D eigenvalue weighted by Crippen LogP contribution is -2.37. The molecule has 1 aromatic rings. The van der Waals surface area contributed by atoms with Crippen LogP contribution in [0, 0.1) is 5.41 Å². The highest BCUT2D eigenvalue weighted by atomic mass is 15.2. The third kappa shape index (κ3) is 3.92. The molecule has 112 valence electrons. The molecule has 0 radical (unpaired) electrons. The van der Waals surface area contributed by atoms with E-state index in [9.17, 15) is 0 Å². The average Bonchev–Trinajstić information content (AvgIpc) is 2.45. The van der Waals surface area contributed by atoms with Gasteiger partial charge >= 0.3 is 0 Å². The second kappa shape index (κ2) is 6.53. The number of nitrogens with one attached hydrogen (secondary N) is 1. The molecule has 1 heterocycles. The molecule has 0 bridgehead atoms. The molecule has 1 saturated carbocycles. The maximum Gasteiger partial charge on any atom is 0.147 e. The van der Waals surface area contributed by atoms with Crippen molar-refractivity contribution in [2.75, 3.05) is 18.5 Å². The van der Waals surface area contributed by atoms with Gasteiger partial charge in [0.05, 0.1) is 11.9 Å². The standard InChI is InChI=1S/C16H28N4/c1-5-17-10-13-11-18-12-15(19-13)20(4)14-6-8-16(2,3)9-7-14/h11-12,14,17H,5-10H2,1-4H3. The maximum atomic E-state index is 4.72. The molecular weight excluding hydrogens is 248 g/mol. The highest BCUT2D eigenvalue weighted by molar-refractivity contribution is 5.36. The zero-order valence-corrected chi connectivity index (χ0v) is 13.3. The molecule has 4 heteroatoms. The molecule has 1 aliphatic rings. The fraction of sp³-hybridized carbons (Fsp3) is 0.750. The van der Waals surface area contributed by atoms with E-state index in [0.29, 0.717) is 11.5 Å². The zero-order valence-electron chi connectivity index (χ0n) is 13.3. The topological polar surface area (TPSA) is 41.1 Å². The minimum Gasteiger partial charge on any atom is -0.355 e. The Labute approximate surface area is 123 Å². The molecular formula is C16H28N4. The van der Waals surface area contributed by atoms with E-state index in [1.807, 2.05) is 12.4 Å². The van der Waals surface area contributed by atoms with Crippen molar-refractivity contribution in [3.8, 4) is 0 Å². The van der Waals surface area contributed by atoms with E-state index in [1.54, 1.807) is 0 Å². The number of hydrogen-bond donors (Lipinski definition) is 1. The van der Waals surface area contributed by atoms with Crippen molar-refractivity contribution in [2.45, 2.75) is 59.0 Å². The van der Waals surface area contributed by atoms with Gasteiger partial charge in [0.25, 0.3) is 0 Å². The molecule has 20 heavy (non-hydrogen) atoms. The lowest BCUT2D eigenvalue weighted by Gasteiger charge is -2.39. The summed E-state index contributed by atoms with van der Waals surface area (Å²) in [6.07, 6.45) is 8.84. The molecule has 0 aliphatic heterocycles. The number of hydrogen-bond acceptors (Lipinski definition) is 4. The summed E-state index contributed by atoms with van der Waals surface area (Å²) in [4.78, 5) is 11.4. The summed E-state index contributed by atoms with van der Waals surface area (Å²) in [5, 5.41) is 3.30. The first kappa shape index (κ1) is 15.2. The molecule has 1 aliphatic carbocycles. The number of nitrogens with zero attached hydrogens (tertiary/aromatic N) is 3. The molecule has 0 unspecified atom stereocenters. The Morgan fingerprint density at radius 2 is 2.00 bits per heavy atom. The smallest absolute Gasteiger partial charge is 0.147 e. The molecule has 0 amide bonds. The normalized spacial score (nSPS) is 19.0. The second-order valence-electron chi connectivity index (χ2n) is 6.66. The summed E-state index contributed by atoms with van der Waals surface area (Å²) in [5.74, 6) is 1.00. The van der Waals surface area contributed by atoms with Crippen LogP contribution < -0.4 is 10.2 Å². The predicted molar refractivity (Wildman–Crippen MR) is 83.9 cm³/mol. The fourth-order valence-electron chi connectivity index (χ4n) is 2.86. The summed E-state index contributed by atoms with van der Waals surface area (Å²) in [6.45, 7) is 8.61. The molecule has 1 fully saturated rings. The van der Waals surface area contributed by atoms with Gasteiger partial charge in [-0.2, -0.15) is 0 Å². The van der Waals surface area contributed by atoms with Gasteiger partial charge < -0.3 is 10.2 Å². The van der Waals surface area contributed by atoms with Crippen LogP contribution in [0.2, 0.25) is 0 Å². The lowest BCUT2D eigenvalue weighted by atomic mass is 9.75. The first-order valence-electron chi connectivity index (χ1n) is 7.76. The number of rotatable bonds is 5. The molecule has 0 atom stereocenters. The third-order valence-electron chi connectivity index (χ3n) is 4.45. The van der Waals surface area contributed by atoms with E-state index < -0.39 is 0 Å². The van der Waals surface area contributed by atoms with Gasteiger partial charge in [0.1, 0.15) is 5.82 Å². The highest BCUT2D eigenvalue weighted by Gasteiger charge is 2.29. The summed E-state index contributed by atoms with van der Waals surface area (Å²) >= 11 is 0. The quantitative estimate of drug-likeness (QED) is 0.897. The van der Waals surface area contributed by atoms with Crippen molar-refractivity contribution >= 4 is 5.82 Å².